The molecule has 0 saturated carbocycles. The third-order valence-corrected chi connectivity index (χ3v) is 6.44. The highest BCUT2D eigenvalue weighted by molar-refractivity contribution is 5.97. The molecule has 1 amide bonds. The molecular formula is C26H33N3O. The van der Waals surface area contributed by atoms with Crippen molar-refractivity contribution in [1.29, 1.82) is 0 Å². The van der Waals surface area contributed by atoms with E-state index in [1.165, 1.54) is 36.0 Å². The number of aromatic nitrogens is 1. The minimum Gasteiger partial charge on any atom is -0.358 e. The van der Waals surface area contributed by atoms with Crippen LogP contribution in [-0.2, 0) is 17.8 Å². The van der Waals surface area contributed by atoms with Crippen LogP contribution in [-0.4, -0.2) is 28.4 Å². The Morgan fingerprint density at radius 3 is 2.80 bits per heavy atom. The number of nitrogens with one attached hydrogen (secondary N) is 2. The molecule has 1 saturated heterocycles. The number of hydrogen-bond donors (Lipinski definition) is 2. The number of nitrogens with zero attached hydrogens (tertiary/aromatic N) is 1. The summed E-state index contributed by atoms with van der Waals surface area (Å²) in [5.74, 6) is 0.0293. The molecule has 0 aliphatic carbocycles. The van der Waals surface area contributed by atoms with E-state index in [4.69, 9.17) is 0 Å². The highest BCUT2D eigenvalue weighted by atomic mass is 16.1. The maximum absolute atomic E-state index is 12.9. The van der Waals surface area contributed by atoms with Crippen molar-refractivity contribution in [2.75, 3.05) is 11.9 Å². The van der Waals surface area contributed by atoms with Crippen LogP contribution >= 0.6 is 0 Å². The number of piperidine rings is 1. The quantitative estimate of drug-likeness (QED) is 0.578. The Morgan fingerprint density at radius 1 is 1.17 bits per heavy atom. The second-order valence-electron chi connectivity index (χ2n) is 8.97. The molecule has 2 heterocycles. The Bertz CT molecular complexity index is 1070. The number of carbonyl (C=O) groups is 1. The molecule has 0 unspecified atom stereocenters. The highest BCUT2D eigenvalue weighted by Crippen LogP contribution is 2.27. The summed E-state index contributed by atoms with van der Waals surface area (Å²) < 4.78 is 0. The zero-order chi connectivity index (χ0) is 21.3. The number of amides is 1. The van der Waals surface area contributed by atoms with E-state index in [2.05, 4.69) is 67.2 Å². The predicted octanol–water partition coefficient (Wildman–Crippen LogP) is 5.65. The first-order valence-corrected chi connectivity index (χ1v) is 11.1. The van der Waals surface area contributed by atoms with E-state index in [0.29, 0.717) is 12.5 Å². The molecule has 1 aliphatic heterocycles. The zero-order valence-corrected chi connectivity index (χ0v) is 18.6. The lowest BCUT2D eigenvalue weighted by Crippen LogP contribution is -2.36. The summed E-state index contributed by atoms with van der Waals surface area (Å²) in [6.45, 7) is 10.7. The van der Waals surface area contributed by atoms with Gasteiger partial charge in [0.15, 0.2) is 0 Å². The van der Waals surface area contributed by atoms with Gasteiger partial charge in [0, 0.05) is 34.9 Å². The van der Waals surface area contributed by atoms with Crippen LogP contribution in [0.2, 0.25) is 0 Å². The van der Waals surface area contributed by atoms with Crippen molar-refractivity contribution in [3.8, 4) is 0 Å². The summed E-state index contributed by atoms with van der Waals surface area (Å²) in [5, 5.41) is 4.28. The number of aryl methyl sites for hydroxylation is 3. The van der Waals surface area contributed by atoms with Gasteiger partial charge in [-0.1, -0.05) is 30.2 Å². The van der Waals surface area contributed by atoms with E-state index >= 15 is 0 Å². The molecule has 4 nitrogen and oxygen atoms in total. The standard InChI is InChI=1S/C26H33N3O/c1-17-12-18(2)26-24(13-17)23(20(4)27-26)15-25(30)28-22-10-7-9-21(14-22)16-29-11-6-5-8-19(29)3/h7,9-10,12-14,19,27H,5-6,8,11,15-16H2,1-4H3,(H,28,30)/t19-/m1/s1. The molecule has 1 fully saturated rings. The molecule has 0 radical (unpaired) electrons. The molecule has 158 valence electrons. The van der Waals surface area contributed by atoms with Crippen molar-refractivity contribution in [3.05, 3.63) is 64.3 Å². The van der Waals surface area contributed by atoms with Gasteiger partial charge >= 0.3 is 0 Å². The smallest absolute Gasteiger partial charge is 0.228 e. The van der Waals surface area contributed by atoms with Gasteiger partial charge in [-0.05, 0) is 82.0 Å². The molecule has 30 heavy (non-hydrogen) atoms. The molecule has 4 rings (SSSR count). The third-order valence-electron chi connectivity index (χ3n) is 6.44. The van der Waals surface area contributed by atoms with Gasteiger partial charge in [-0.15, -0.1) is 0 Å². The first-order chi connectivity index (χ1) is 14.4. The minimum atomic E-state index is 0.0293. The van der Waals surface area contributed by atoms with Crippen molar-refractivity contribution in [2.45, 2.75) is 66.0 Å². The van der Waals surface area contributed by atoms with Gasteiger partial charge in [0.05, 0.1) is 6.42 Å². The number of fused-ring (bicyclic) bond motifs is 1. The van der Waals surface area contributed by atoms with Gasteiger partial charge in [0.1, 0.15) is 0 Å². The van der Waals surface area contributed by atoms with Crippen LogP contribution < -0.4 is 5.32 Å². The van der Waals surface area contributed by atoms with Crippen LogP contribution in [0.3, 0.4) is 0 Å². The van der Waals surface area contributed by atoms with Crippen LogP contribution in [0.5, 0.6) is 0 Å². The monoisotopic (exact) mass is 403 g/mol. The lowest BCUT2D eigenvalue weighted by Gasteiger charge is -2.33. The van der Waals surface area contributed by atoms with Crippen LogP contribution in [0.25, 0.3) is 10.9 Å². The first-order valence-electron chi connectivity index (χ1n) is 11.1. The zero-order valence-electron chi connectivity index (χ0n) is 18.6. The molecule has 2 N–H and O–H groups in total. The number of H-pyrrole nitrogens is 1. The predicted molar refractivity (Wildman–Crippen MR) is 125 cm³/mol. The maximum atomic E-state index is 12.9. The second-order valence-corrected chi connectivity index (χ2v) is 8.97. The van der Waals surface area contributed by atoms with Gasteiger partial charge in [-0.2, -0.15) is 0 Å². The van der Waals surface area contributed by atoms with Crippen molar-refractivity contribution in [1.82, 2.24) is 9.88 Å². The summed E-state index contributed by atoms with van der Waals surface area (Å²) in [4.78, 5) is 18.9. The van der Waals surface area contributed by atoms with Crippen LogP contribution in [0.15, 0.2) is 36.4 Å². The third kappa shape index (κ3) is 4.44. The highest BCUT2D eigenvalue weighted by Gasteiger charge is 2.18. The Kier molecular flexibility index (Phi) is 5.96. The van der Waals surface area contributed by atoms with E-state index in [1.807, 2.05) is 12.1 Å². The number of anilines is 1. The van der Waals surface area contributed by atoms with E-state index in [0.717, 1.165) is 40.9 Å². The topological polar surface area (TPSA) is 48.1 Å². The molecule has 3 aromatic rings. The van der Waals surface area contributed by atoms with E-state index in [9.17, 15) is 4.79 Å². The van der Waals surface area contributed by atoms with Gasteiger partial charge in [0.2, 0.25) is 5.91 Å². The molecule has 1 atom stereocenters. The van der Waals surface area contributed by atoms with Crippen LogP contribution in [0.1, 0.15) is 54.1 Å². The SMILES string of the molecule is Cc1cc(C)c2[nH]c(C)c(CC(=O)Nc3cccc(CN4CCCC[C@H]4C)c3)c2c1. The van der Waals surface area contributed by atoms with Gasteiger partial charge < -0.3 is 10.3 Å². The summed E-state index contributed by atoms with van der Waals surface area (Å²) >= 11 is 0. The maximum Gasteiger partial charge on any atom is 0.228 e. The van der Waals surface area contributed by atoms with E-state index in [1.54, 1.807) is 0 Å². The van der Waals surface area contributed by atoms with E-state index < -0.39 is 0 Å². The van der Waals surface area contributed by atoms with Gasteiger partial charge in [-0.3, -0.25) is 9.69 Å². The van der Waals surface area contributed by atoms with Crippen molar-refractivity contribution < 1.29 is 4.79 Å². The average Bonchev–Trinajstić information content (AvgIpc) is 3.00. The molecule has 4 heteroatoms. The van der Waals surface area contributed by atoms with E-state index in [-0.39, 0.29) is 5.91 Å². The fraction of sp³-hybridized carbons (Fsp3) is 0.423. The molecule has 0 spiro atoms. The van der Waals surface area contributed by atoms with Crippen molar-refractivity contribution in [2.24, 2.45) is 0 Å². The second kappa shape index (κ2) is 8.65. The average molecular weight is 404 g/mol. The molecule has 1 aliphatic rings. The Labute approximate surface area is 179 Å². The fourth-order valence-corrected chi connectivity index (χ4v) is 4.80. The van der Waals surface area contributed by atoms with Gasteiger partial charge in [0.25, 0.3) is 0 Å². The van der Waals surface area contributed by atoms with Crippen molar-refractivity contribution >= 4 is 22.5 Å². The number of benzene rings is 2. The summed E-state index contributed by atoms with van der Waals surface area (Å²) in [5.41, 5.74) is 7.88. The molecule has 2 aromatic carbocycles. The normalized spacial score (nSPS) is 17.4. The Morgan fingerprint density at radius 2 is 2.00 bits per heavy atom. The molecule has 1 aromatic heterocycles. The number of carbonyl (C=O) groups excluding carboxylic acids is 1. The Balaban J connectivity index is 1.47. The Hall–Kier alpha value is -2.59. The van der Waals surface area contributed by atoms with Crippen molar-refractivity contribution in [3.63, 3.8) is 0 Å². The van der Waals surface area contributed by atoms with Crippen LogP contribution in [0, 0.1) is 20.8 Å². The first kappa shape index (κ1) is 20.7. The summed E-state index contributed by atoms with van der Waals surface area (Å²) in [6, 6.07) is 13.3. The molecular weight excluding hydrogens is 370 g/mol. The summed E-state index contributed by atoms with van der Waals surface area (Å²) in [6.07, 6.45) is 4.27. The van der Waals surface area contributed by atoms with Crippen LogP contribution in [0.4, 0.5) is 5.69 Å². The number of rotatable bonds is 5. The fourth-order valence-electron chi connectivity index (χ4n) is 4.80. The molecule has 0 bridgehead atoms. The number of hydrogen-bond acceptors (Lipinski definition) is 2. The summed E-state index contributed by atoms with van der Waals surface area (Å²) in [7, 11) is 0. The van der Waals surface area contributed by atoms with Gasteiger partial charge in [-0.25, -0.2) is 0 Å². The largest absolute Gasteiger partial charge is 0.358 e. The lowest BCUT2D eigenvalue weighted by atomic mass is 10.0. The number of likely N-dealkylation sites (tertiary alicyclic amines) is 1. The lowest BCUT2D eigenvalue weighted by molar-refractivity contribution is -0.115. The number of aromatic amines is 1. The minimum absolute atomic E-state index is 0.0293.